The van der Waals surface area contributed by atoms with E-state index < -0.39 is 15.5 Å². The van der Waals surface area contributed by atoms with Crippen LogP contribution in [0.2, 0.25) is 0 Å². The van der Waals surface area contributed by atoms with Crippen molar-refractivity contribution in [1.82, 2.24) is 19.3 Å². The van der Waals surface area contributed by atoms with Gasteiger partial charge in [0.2, 0.25) is 0 Å². The van der Waals surface area contributed by atoms with E-state index in [1.807, 2.05) is 25.1 Å². The number of rotatable bonds is 6. The van der Waals surface area contributed by atoms with Crippen molar-refractivity contribution in [3.63, 3.8) is 0 Å². The molecule has 1 aliphatic rings. The Hall–Kier alpha value is -2.27. The average molecular weight is 429 g/mol. The van der Waals surface area contributed by atoms with E-state index in [1.165, 1.54) is 0 Å². The van der Waals surface area contributed by atoms with E-state index in [2.05, 4.69) is 20.3 Å². The molecule has 0 amide bonds. The molecule has 7 nitrogen and oxygen atoms in total. The van der Waals surface area contributed by atoms with Gasteiger partial charge in [-0.25, -0.2) is 18.4 Å². The lowest BCUT2D eigenvalue weighted by molar-refractivity contribution is -0.0496. The number of nitrogens with zero attached hydrogens (tertiary/aromatic N) is 4. The van der Waals surface area contributed by atoms with Gasteiger partial charge in [-0.15, -0.1) is 0 Å². The smallest absolute Gasteiger partial charge is 0.370 e. The topological polar surface area (TPSA) is 88.1 Å². The molecule has 1 saturated heterocycles. The van der Waals surface area contributed by atoms with Crippen LogP contribution >= 0.6 is 0 Å². The molecule has 2 aromatic rings. The fourth-order valence-electron chi connectivity index (χ4n) is 3.13. The summed E-state index contributed by atoms with van der Waals surface area (Å²) in [6.45, 7) is 2.18. The highest BCUT2D eigenvalue weighted by Gasteiger charge is 2.50. The van der Waals surface area contributed by atoms with Gasteiger partial charge in [-0.2, -0.15) is 17.5 Å². The summed E-state index contributed by atoms with van der Waals surface area (Å²) in [4.78, 5) is 13.2. The van der Waals surface area contributed by atoms with Gasteiger partial charge in [-0.1, -0.05) is 13.0 Å². The molecule has 11 heteroatoms. The lowest BCUT2D eigenvalue weighted by atomic mass is 9.98. The molecular weight excluding hydrogens is 407 g/mol. The number of aromatic nitrogens is 3. The summed E-state index contributed by atoms with van der Waals surface area (Å²) in [5, 5.41) is 3.21. The fraction of sp³-hybridized carbons (Fsp3) is 0.500. The van der Waals surface area contributed by atoms with Crippen LogP contribution < -0.4 is 5.32 Å². The predicted molar refractivity (Wildman–Crippen MR) is 102 cm³/mol. The molecular formula is C18H22F3N5O2S. The van der Waals surface area contributed by atoms with Crippen LogP contribution in [0.4, 0.5) is 19.0 Å². The third-order valence-electron chi connectivity index (χ3n) is 4.81. The van der Waals surface area contributed by atoms with Crippen LogP contribution in [0.25, 0.3) is 11.5 Å². The van der Waals surface area contributed by atoms with Crippen LogP contribution in [0, 0.1) is 5.92 Å². The average Bonchev–Trinajstić information content (AvgIpc) is 2.72. The van der Waals surface area contributed by atoms with E-state index in [0.717, 1.165) is 5.69 Å². The highest BCUT2D eigenvalue weighted by molar-refractivity contribution is 7.90. The Morgan fingerprint density at radius 1 is 1.21 bits per heavy atom. The Kier molecular flexibility index (Phi) is 6.37. The molecule has 29 heavy (non-hydrogen) atoms. The molecule has 1 fully saturated rings. The van der Waals surface area contributed by atoms with Crippen LogP contribution in [0.5, 0.6) is 0 Å². The van der Waals surface area contributed by atoms with Crippen molar-refractivity contribution in [3.05, 3.63) is 36.2 Å². The summed E-state index contributed by atoms with van der Waals surface area (Å²) in [7, 11) is -5.25. The number of aryl methyl sites for hydroxylation is 1. The normalized spacial score (nSPS) is 16.7. The van der Waals surface area contributed by atoms with E-state index in [9.17, 15) is 21.6 Å². The molecule has 0 aromatic carbocycles. The maximum Gasteiger partial charge on any atom is 0.511 e. The number of sulfonamides is 1. The third-order valence-corrected chi connectivity index (χ3v) is 6.44. The largest absolute Gasteiger partial charge is 0.511 e. The first kappa shape index (κ1) is 21.4. The Bertz CT molecular complexity index is 930. The maximum absolute atomic E-state index is 12.7. The minimum Gasteiger partial charge on any atom is -0.370 e. The van der Waals surface area contributed by atoms with E-state index in [4.69, 9.17) is 0 Å². The second-order valence-corrected chi connectivity index (χ2v) is 8.74. The van der Waals surface area contributed by atoms with Crippen LogP contribution in [-0.4, -0.2) is 52.8 Å². The Balaban J connectivity index is 1.63. The van der Waals surface area contributed by atoms with Crippen molar-refractivity contribution in [2.45, 2.75) is 31.7 Å². The van der Waals surface area contributed by atoms with E-state index >= 15 is 0 Å². The maximum atomic E-state index is 12.7. The van der Waals surface area contributed by atoms with Gasteiger partial charge in [0, 0.05) is 37.6 Å². The highest BCUT2D eigenvalue weighted by atomic mass is 32.2. The van der Waals surface area contributed by atoms with Crippen molar-refractivity contribution in [2.75, 3.05) is 25.0 Å². The number of piperidine rings is 1. The molecule has 1 N–H and O–H groups in total. The summed E-state index contributed by atoms with van der Waals surface area (Å²) in [6, 6.07) is 7.29. The van der Waals surface area contributed by atoms with Gasteiger partial charge in [0.1, 0.15) is 11.5 Å². The van der Waals surface area contributed by atoms with Gasteiger partial charge in [0.25, 0.3) is 0 Å². The first-order valence-electron chi connectivity index (χ1n) is 9.30. The SMILES string of the molecule is CCc1cc(NCC2CCN(S(=O)(=O)C(F)(F)F)CC2)nc(-c2ccccn2)n1. The first-order chi connectivity index (χ1) is 13.7. The van der Waals surface area contributed by atoms with Crippen molar-refractivity contribution in [1.29, 1.82) is 0 Å². The van der Waals surface area contributed by atoms with Crippen LogP contribution in [0.15, 0.2) is 30.5 Å². The minimum absolute atomic E-state index is 0.0491. The zero-order valence-corrected chi connectivity index (χ0v) is 16.7. The molecule has 158 valence electrons. The second-order valence-electron chi connectivity index (χ2n) is 6.81. The van der Waals surface area contributed by atoms with Gasteiger partial charge in [-0.05, 0) is 37.3 Å². The Labute approximate surface area is 167 Å². The molecule has 1 aliphatic heterocycles. The van der Waals surface area contributed by atoms with E-state index in [-0.39, 0.29) is 19.0 Å². The number of halogens is 3. The van der Waals surface area contributed by atoms with Crippen molar-refractivity contribution < 1.29 is 21.6 Å². The Morgan fingerprint density at radius 2 is 1.93 bits per heavy atom. The monoisotopic (exact) mass is 429 g/mol. The first-order valence-corrected chi connectivity index (χ1v) is 10.7. The van der Waals surface area contributed by atoms with E-state index in [1.54, 1.807) is 12.3 Å². The van der Waals surface area contributed by atoms with Crippen molar-refractivity contribution in [3.8, 4) is 11.5 Å². The molecule has 0 bridgehead atoms. The van der Waals surface area contributed by atoms with Crippen LogP contribution in [0.1, 0.15) is 25.5 Å². The number of hydrogen-bond acceptors (Lipinski definition) is 6. The summed E-state index contributed by atoms with van der Waals surface area (Å²) >= 11 is 0. The van der Waals surface area contributed by atoms with Crippen molar-refractivity contribution >= 4 is 15.8 Å². The zero-order valence-electron chi connectivity index (χ0n) is 15.9. The molecule has 3 rings (SSSR count). The third kappa shape index (κ3) is 5.02. The summed E-state index contributed by atoms with van der Waals surface area (Å²) in [5.41, 5.74) is -3.76. The Morgan fingerprint density at radius 3 is 2.52 bits per heavy atom. The van der Waals surface area contributed by atoms with E-state index in [0.29, 0.717) is 47.4 Å². The van der Waals surface area contributed by atoms with Gasteiger partial charge >= 0.3 is 15.5 Å². The molecule has 2 aromatic heterocycles. The van der Waals surface area contributed by atoms with Gasteiger partial charge in [0.15, 0.2) is 5.82 Å². The highest BCUT2D eigenvalue weighted by Crippen LogP contribution is 2.30. The predicted octanol–water partition coefficient (Wildman–Crippen LogP) is 3.07. The van der Waals surface area contributed by atoms with Crippen LogP contribution in [-0.2, 0) is 16.4 Å². The number of anilines is 1. The summed E-state index contributed by atoms with van der Waals surface area (Å²) in [6.07, 6.45) is 3.07. The number of pyridine rings is 1. The van der Waals surface area contributed by atoms with Gasteiger partial charge in [0.05, 0.1) is 0 Å². The quantitative estimate of drug-likeness (QED) is 0.759. The molecule has 0 saturated carbocycles. The van der Waals surface area contributed by atoms with Gasteiger partial charge in [-0.3, -0.25) is 4.98 Å². The lowest BCUT2D eigenvalue weighted by Gasteiger charge is -2.31. The fourth-order valence-corrected chi connectivity index (χ4v) is 4.11. The molecule has 0 atom stereocenters. The number of nitrogens with one attached hydrogen (secondary N) is 1. The second kappa shape index (κ2) is 8.62. The summed E-state index contributed by atoms with van der Waals surface area (Å²) < 4.78 is 61.5. The minimum atomic E-state index is -5.25. The van der Waals surface area contributed by atoms with Crippen LogP contribution in [0.3, 0.4) is 0 Å². The molecule has 0 radical (unpaired) electrons. The molecule has 0 spiro atoms. The summed E-state index contributed by atoms with van der Waals surface area (Å²) in [5.74, 6) is 1.16. The molecule has 0 aliphatic carbocycles. The number of hydrogen-bond donors (Lipinski definition) is 1. The van der Waals surface area contributed by atoms with Gasteiger partial charge < -0.3 is 5.32 Å². The zero-order chi connectivity index (χ0) is 21.1. The molecule has 3 heterocycles. The molecule has 0 unspecified atom stereocenters. The lowest BCUT2D eigenvalue weighted by Crippen LogP contribution is -2.45. The number of alkyl halides is 3. The van der Waals surface area contributed by atoms with Crippen molar-refractivity contribution in [2.24, 2.45) is 5.92 Å². The standard InChI is InChI=1S/C18H22F3N5O2S/c1-2-14-11-16(25-17(24-14)15-5-3-4-8-22-15)23-12-13-6-9-26(10-7-13)29(27,28)18(19,20)21/h3-5,8,11,13H,2,6-7,9-10,12H2,1H3,(H,23,24,25).